The SMILES string of the molecule is CCCCOC(=O)N1CCN(C(=O)C(N)CP(=O)(OOCC)OOCC)CC1. The monoisotopic (exact) mass is 425 g/mol. The summed E-state index contributed by atoms with van der Waals surface area (Å²) in [6.45, 7) is 7.24. The Hall–Kier alpha value is -1.23. The summed E-state index contributed by atoms with van der Waals surface area (Å²) in [5, 5.41) is 0. The van der Waals surface area contributed by atoms with Crippen LogP contribution in [0.3, 0.4) is 0 Å². The van der Waals surface area contributed by atoms with Gasteiger partial charge in [0.15, 0.2) is 0 Å². The summed E-state index contributed by atoms with van der Waals surface area (Å²) in [6.07, 6.45) is 0.972. The van der Waals surface area contributed by atoms with Gasteiger partial charge in [0.05, 0.1) is 32.0 Å². The van der Waals surface area contributed by atoms with Crippen molar-refractivity contribution in [1.82, 2.24) is 9.80 Å². The van der Waals surface area contributed by atoms with Gasteiger partial charge in [-0.25, -0.2) is 14.6 Å². The number of rotatable bonds is 12. The first-order chi connectivity index (χ1) is 13.4. The number of nitrogens with two attached hydrogens (primary N) is 1. The third-order valence-corrected chi connectivity index (χ3v) is 5.38. The third kappa shape index (κ3) is 8.42. The van der Waals surface area contributed by atoms with Gasteiger partial charge in [0, 0.05) is 26.2 Å². The summed E-state index contributed by atoms with van der Waals surface area (Å²) in [6, 6.07) is -1.13. The van der Waals surface area contributed by atoms with Gasteiger partial charge in [0.25, 0.3) is 0 Å². The first kappa shape index (κ1) is 24.8. The van der Waals surface area contributed by atoms with E-state index in [0.717, 1.165) is 12.8 Å². The molecule has 164 valence electrons. The Morgan fingerprint density at radius 3 is 2.04 bits per heavy atom. The van der Waals surface area contributed by atoms with Gasteiger partial charge in [-0.3, -0.25) is 9.36 Å². The van der Waals surface area contributed by atoms with Gasteiger partial charge in [-0.15, -0.1) is 9.35 Å². The van der Waals surface area contributed by atoms with E-state index in [9.17, 15) is 14.2 Å². The fourth-order valence-electron chi connectivity index (χ4n) is 2.40. The second-order valence-electron chi connectivity index (χ2n) is 6.14. The Balaban J connectivity index is 2.52. The van der Waals surface area contributed by atoms with Gasteiger partial charge in [0.1, 0.15) is 0 Å². The van der Waals surface area contributed by atoms with Crippen LogP contribution in [0.2, 0.25) is 0 Å². The molecular weight excluding hydrogens is 393 g/mol. The highest BCUT2D eigenvalue weighted by Crippen LogP contribution is 2.49. The molecule has 1 saturated heterocycles. The molecule has 12 heteroatoms. The van der Waals surface area contributed by atoms with E-state index in [1.807, 2.05) is 6.92 Å². The lowest BCUT2D eigenvalue weighted by Crippen LogP contribution is -2.55. The van der Waals surface area contributed by atoms with E-state index in [1.54, 1.807) is 18.7 Å². The summed E-state index contributed by atoms with van der Waals surface area (Å²) in [5.74, 6) is -0.417. The van der Waals surface area contributed by atoms with Gasteiger partial charge < -0.3 is 20.3 Å². The first-order valence-corrected chi connectivity index (χ1v) is 11.3. The lowest BCUT2D eigenvalue weighted by atomic mass is 10.2. The van der Waals surface area contributed by atoms with Gasteiger partial charge in [0.2, 0.25) is 5.91 Å². The van der Waals surface area contributed by atoms with Gasteiger partial charge >= 0.3 is 13.7 Å². The maximum absolute atomic E-state index is 12.6. The Morgan fingerprint density at radius 1 is 1.00 bits per heavy atom. The first-order valence-electron chi connectivity index (χ1n) is 9.54. The molecule has 0 aromatic rings. The maximum Gasteiger partial charge on any atom is 0.409 e. The number of piperazine rings is 1. The normalized spacial score (nSPS) is 16.1. The highest BCUT2D eigenvalue weighted by molar-refractivity contribution is 7.53. The zero-order valence-corrected chi connectivity index (χ0v) is 17.7. The Bertz CT molecular complexity index is 516. The van der Waals surface area contributed by atoms with Crippen molar-refractivity contribution >= 4 is 19.6 Å². The minimum absolute atomic E-state index is 0.138. The van der Waals surface area contributed by atoms with E-state index < -0.39 is 25.7 Å². The third-order valence-electron chi connectivity index (χ3n) is 3.88. The predicted octanol–water partition coefficient (Wildman–Crippen LogP) is 1.52. The molecule has 28 heavy (non-hydrogen) atoms. The fraction of sp³-hybridized carbons (Fsp3) is 0.875. The number of unbranched alkanes of at least 4 members (excludes halogenated alkanes) is 1. The van der Waals surface area contributed by atoms with Crippen LogP contribution >= 0.6 is 7.60 Å². The molecule has 0 saturated carbocycles. The second kappa shape index (κ2) is 13.1. The summed E-state index contributed by atoms with van der Waals surface area (Å²) >= 11 is 0. The molecule has 2 N–H and O–H groups in total. The van der Waals surface area contributed by atoms with Crippen LogP contribution in [0.15, 0.2) is 0 Å². The number of nitrogens with zero attached hydrogens (tertiary/aromatic N) is 2. The Kier molecular flexibility index (Phi) is 11.6. The number of hydrogen-bond acceptors (Lipinski definition) is 9. The minimum atomic E-state index is -3.86. The maximum atomic E-state index is 12.6. The van der Waals surface area contributed by atoms with Crippen LogP contribution in [0.5, 0.6) is 0 Å². The van der Waals surface area contributed by atoms with E-state index in [4.69, 9.17) is 29.6 Å². The lowest BCUT2D eigenvalue weighted by molar-refractivity contribution is -0.263. The van der Waals surface area contributed by atoms with E-state index in [-0.39, 0.29) is 19.3 Å². The molecule has 1 aliphatic heterocycles. The zero-order valence-electron chi connectivity index (χ0n) is 16.8. The van der Waals surface area contributed by atoms with Crippen LogP contribution in [0, 0.1) is 0 Å². The molecule has 1 aliphatic rings. The highest BCUT2D eigenvalue weighted by atomic mass is 31.2. The Labute approximate surface area is 165 Å². The number of hydrogen-bond donors (Lipinski definition) is 1. The molecule has 2 amide bonds. The molecular formula is C16H32N3O8P. The number of amides is 2. The number of carbonyl (C=O) groups excluding carboxylic acids is 2. The minimum Gasteiger partial charge on any atom is -0.449 e. The van der Waals surface area contributed by atoms with Gasteiger partial charge in [-0.05, 0) is 20.3 Å². The van der Waals surface area contributed by atoms with Crippen molar-refractivity contribution in [1.29, 1.82) is 0 Å². The van der Waals surface area contributed by atoms with Crippen LogP contribution in [0.1, 0.15) is 33.6 Å². The van der Waals surface area contributed by atoms with Crippen molar-refractivity contribution in [3.8, 4) is 0 Å². The van der Waals surface area contributed by atoms with Crippen molar-refractivity contribution in [2.75, 3.05) is 52.2 Å². The van der Waals surface area contributed by atoms with Crippen LogP contribution < -0.4 is 5.73 Å². The molecule has 1 fully saturated rings. The Morgan fingerprint density at radius 2 is 1.54 bits per heavy atom. The smallest absolute Gasteiger partial charge is 0.409 e. The lowest BCUT2D eigenvalue weighted by Gasteiger charge is -2.35. The zero-order chi connectivity index (χ0) is 21.0. The number of ether oxygens (including phenoxy) is 1. The average Bonchev–Trinajstić information content (AvgIpc) is 2.70. The summed E-state index contributed by atoms with van der Waals surface area (Å²) in [5.41, 5.74) is 5.91. The summed E-state index contributed by atoms with van der Waals surface area (Å²) < 4.78 is 27.3. The standard InChI is InChI=1S/C16H32N3O8P/c1-4-7-12-23-16(21)19-10-8-18(9-11-19)15(20)14(17)13-28(22,26-24-5-2)27-25-6-3/h14H,4-13,17H2,1-3H3. The van der Waals surface area contributed by atoms with Gasteiger partial charge in [-0.1, -0.05) is 13.3 Å². The molecule has 1 unspecified atom stereocenters. The van der Waals surface area contributed by atoms with E-state index in [1.165, 1.54) is 4.90 Å². The molecule has 0 radical (unpaired) electrons. The fourth-order valence-corrected chi connectivity index (χ4v) is 3.71. The van der Waals surface area contributed by atoms with Crippen LogP contribution in [-0.4, -0.2) is 80.0 Å². The molecule has 0 aromatic heterocycles. The highest BCUT2D eigenvalue weighted by Gasteiger charge is 2.36. The van der Waals surface area contributed by atoms with Crippen LogP contribution in [0.4, 0.5) is 4.79 Å². The molecule has 1 rings (SSSR count). The molecule has 1 heterocycles. The summed E-state index contributed by atoms with van der Waals surface area (Å²) in [4.78, 5) is 37.0. The molecule has 0 spiro atoms. The van der Waals surface area contributed by atoms with Crippen molar-refractivity contribution in [3.05, 3.63) is 0 Å². The topological polar surface area (TPSA) is 130 Å². The second-order valence-corrected chi connectivity index (χ2v) is 8.03. The van der Waals surface area contributed by atoms with Crippen molar-refractivity contribution in [3.63, 3.8) is 0 Å². The van der Waals surface area contributed by atoms with Crippen molar-refractivity contribution in [2.24, 2.45) is 5.73 Å². The predicted molar refractivity (Wildman–Crippen MR) is 100 cm³/mol. The molecule has 11 nitrogen and oxygen atoms in total. The van der Waals surface area contributed by atoms with E-state index >= 15 is 0 Å². The quantitative estimate of drug-likeness (QED) is 0.214. The van der Waals surface area contributed by atoms with Crippen molar-refractivity contribution < 1.29 is 38.0 Å². The molecule has 0 aromatic carbocycles. The van der Waals surface area contributed by atoms with Gasteiger partial charge in [-0.2, -0.15) is 0 Å². The molecule has 1 atom stereocenters. The van der Waals surface area contributed by atoms with E-state index in [2.05, 4.69) is 0 Å². The van der Waals surface area contributed by atoms with E-state index in [0.29, 0.717) is 32.8 Å². The largest absolute Gasteiger partial charge is 0.449 e. The van der Waals surface area contributed by atoms with Crippen LogP contribution in [0.25, 0.3) is 0 Å². The number of carbonyl (C=O) groups is 2. The molecule has 0 aliphatic carbocycles. The van der Waals surface area contributed by atoms with Crippen LogP contribution in [-0.2, 0) is 33.2 Å². The summed E-state index contributed by atoms with van der Waals surface area (Å²) in [7, 11) is -3.86. The average molecular weight is 425 g/mol. The van der Waals surface area contributed by atoms with Crippen molar-refractivity contribution in [2.45, 2.75) is 39.7 Å². The molecule has 0 bridgehead atoms.